The molecular weight excluding hydrogens is 193 g/mol. The molecule has 0 saturated carbocycles. The van der Waals surface area contributed by atoms with Crippen molar-refractivity contribution in [1.82, 2.24) is 5.32 Å². The van der Waals surface area contributed by atoms with Crippen LogP contribution in [-0.2, 0) is 0 Å². The predicted molar refractivity (Wildman–Crippen MR) is 57.9 cm³/mol. The van der Waals surface area contributed by atoms with E-state index in [1.54, 1.807) is 0 Å². The summed E-state index contributed by atoms with van der Waals surface area (Å²) in [6.07, 6.45) is 2.44. The number of halogens is 1. The largest absolute Gasteiger partial charge is 0.491 e. The smallest absolute Gasteiger partial charge is 0.123 e. The minimum Gasteiger partial charge on any atom is -0.491 e. The predicted octanol–water partition coefficient (Wildman–Crippen LogP) is 2.46. The van der Waals surface area contributed by atoms with Gasteiger partial charge in [-0.05, 0) is 37.1 Å². The SMILES string of the molecule is FCCOc1ccc(C2CCCN2)cc1. The van der Waals surface area contributed by atoms with Gasteiger partial charge in [0, 0.05) is 6.04 Å². The van der Waals surface area contributed by atoms with Gasteiger partial charge in [0.15, 0.2) is 0 Å². The number of nitrogens with one attached hydrogen (secondary N) is 1. The van der Waals surface area contributed by atoms with Crippen molar-refractivity contribution in [2.75, 3.05) is 19.8 Å². The van der Waals surface area contributed by atoms with Gasteiger partial charge in [-0.25, -0.2) is 4.39 Å². The molecule has 0 radical (unpaired) electrons. The van der Waals surface area contributed by atoms with Crippen LogP contribution in [0.25, 0.3) is 0 Å². The fraction of sp³-hybridized carbons (Fsp3) is 0.500. The zero-order valence-electron chi connectivity index (χ0n) is 8.71. The number of hydrogen-bond acceptors (Lipinski definition) is 2. The summed E-state index contributed by atoms with van der Waals surface area (Å²) in [7, 11) is 0. The highest BCUT2D eigenvalue weighted by Gasteiger charge is 2.15. The van der Waals surface area contributed by atoms with E-state index in [1.165, 1.54) is 18.4 Å². The number of benzene rings is 1. The van der Waals surface area contributed by atoms with E-state index in [-0.39, 0.29) is 6.61 Å². The monoisotopic (exact) mass is 209 g/mol. The first-order valence-corrected chi connectivity index (χ1v) is 5.42. The van der Waals surface area contributed by atoms with E-state index in [1.807, 2.05) is 12.1 Å². The number of hydrogen-bond donors (Lipinski definition) is 1. The number of rotatable bonds is 4. The fourth-order valence-corrected chi connectivity index (χ4v) is 1.92. The molecule has 1 saturated heterocycles. The summed E-state index contributed by atoms with van der Waals surface area (Å²) in [5.74, 6) is 0.745. The van der Waals surface area contributed by atoms with E-state index < -0.39 is 6.67 Å². The van der Waals surface area contributed by atoms with Gasteiger partial charge in [0.25, 0.3) is 0 Å². The van der Waals surface area contributed by atoms with Gasteiger partial charge >= 0.3 is 0 Å². The lowest BCUT2D eigenvalue weighted by Crippen LogP contribution is -2.12. The highest BCUT2D eigenvalue weighted by atomic mass is 19.1. The van der Waals surface area contributed by atoms with Crippen molar-refractivity contribution in [3.8, 4) is 5.75 Å². The molecule has 2 nitrogen and oxygen atoms in total. The number of alkyl halides is 1. The topological polar surface area (TPSA) is 21.3 Å². The number of ether oxygens (including phenoxy) is 1. The molecule has 1 unspecified atom stereocenters. The molecule has 0 aliphatic carbocycles. The minimum absolute atomic E-state index is 0.140. The van der Waals surface area contributed by atoms with E-state index >= 15 is 0 Å². The third-order valence-electron chi connectivity index (χ3n) is 2.69. The summed E-state index contributed by atoms with van der Waals surface area (Å²) in [6, 6.07) is 8.41. The first-order chi connectivity index (χ1) is 7.40. The van der Waals surface area contributed by atoms with Crippen molar-refractivity contribution in [2.45, 2.75) is 18.9 Å². The van der Waals surface area contributed by atoms with Gasteiger partial charge in [0.05, 0.1) is 0 Å². The molecular formula is C12H16FNO. The van der Waals surface area contributed by atoms with Crippen molar-refractivity contribution < 1.29 is 9.13 Å². The fourth-order valence-electron chi connectivity index (χ4n) is 1.92. The Balaban J connectivity index is 1.96. The maximum atomic E-state index is 11.9. The van der Waals surface area contributed by atoms with Crippen molar-refractivity contribution in [3.63, 3.8) is 0 Å². The van der Waals surface area contributed by atoms with Gasteiger partial charge in [-0.1, -0.05) is 12.1 Å². The van der Waals surface area contributed by atoms with E-state index in [4.69, 9.17) is 4.74 Å². The Morgan fingerprint density at radius 1 is 1.33 bits per heavy atom. The van der Waals surface area contributed by atoms with Crippen LogP contribution < -0.4 is 10.1 Å². The summed E-state index contributed by atoms with van der Waals surface area (Å²) < 4.78 is 17.0. The molecule has 1 aliphatic heterocycles. The average Bonchev–Trinajstić information content (AvgIpc) is 2.80. The summed E-state index contributed by atoms with van der Waals surface area (Å²) in [5.41, 5.74) is 1.29. The average molecular weight is 209 g/mol. The Hall–Kier alpha value is -1.09. The molecule has 15 heavy (non-hydrogen) atoms. The molecule has 0 bridgehead atoms. The second-order valence-electron chi connectivity index (χ2n) is 3.76. The van der Waals surface area contributed by atoms with Crippen molar-refractivity contribution in [1.29, 1.82) is 0 Å². The first-order valence-electron chi connectivity index (χ1n) is 5.42. The normalized spacial score (nSPS) is 20.5. The van der Waals surface area contributed by atoms with Gasteiger partial charge in [0.1, 0.15) is 19.0 Å². The molecule has 1 aromatic rings. The Morgan fingerprint density at radius 2 is 2.13 bits per heavy atom. The summed E-state index contributed by atoms with van der Waals surface area (Å²) in [4.78, 5) is 0. The molecule has 1 aliphatic rings. The maximum Gasteiger partial charge on any atom is 0.123 e. The third-order valence-corrected chi connectivity index (χ3v) is 2.69. The summed E-state index contributed by atoms with van der Waals surface area (Å²) in [6.45, 7) is 0.803. The van der Waals surface area contributed by atoms with Crippen LogP contribution in [0.5, 0.6) is 5.75 Å². The maximum absolute atomic E-state index is 11.9. The lowest BCUT2D eigenvalue weighted by Gasteiger charge is -2.11. The van der Waals surface area contributed by atoms with Crippen molar-refractivity contribution in [2.24, 2.45) is 0 Å². The zero-order chi connectivity index (χ0) is 10.5. The Morgan fingerprint density at radius 3 is 2.73 bits per heavy atom. The van der Waals surface area contributed by atoms with Crippen LogP contribution in [0.3, 0.4) is 0 Å². The Labute approximate surface area is 89.4 Å². The van der Waals surface area contributed by atoms with E-state index in [0.717, 1.165) is 12.3 Å². The second kappa shape index (κ2) is 5.12. The highest BCUT2D eigenvalue weighted by molar-refractivity contribution is 5.29. The molecule has 82 valence electrons. The van der Waals surface area contributed by atoms with Gasteiger partial charge in [-0.15, -0.1) is 0 Å². The van der Waals surface area contributed by atoms with Crippen LogP contribution in [0.15, 0.2) is 24.3 Å². The molecule has 2 rings (SSSR count). The molecule has 1 N–H and O–H groups in total. The van der Waals surface area contributed by atoms with Crippen LogP contribution in [0.1, 0.15) is 24.4 Å². The molecule has 1 fully saturated rings. The van der Waals surface area contributed by atoms with Crippen LogP contribution in [0, 0.1) is 0 Å². The molecule has 1 atom stereocenters. The molecule has 1 aromatic carbocycles. The third kappa shape index (κ3) is 2.69. The van der Waals surface area contributed by atoms with Crippen LogP contribution >= 0.6 is 0 Å². The quantitative estimate of drug-likeness (QED) is 0.822. The van der Waals surface area contributed by atoms with Crippen LogP contribution in [0.4, 0.5) is 4.39 Å². The minimum atomic E-state index is -0.439. The molecule has 0 aromatic heterocycles. The second-order valence-corrected chi connectivity index (χ2v) is 3.76. The van der Waals surface area contributed by atoms with E-state index in [9.17, 15) is 4.39 Å². The Bertz CT molecular complexity index is 293. The van der Waals surface area contributed by atoms with Gasteiger partial charge < -0.3 is 10.1 Å². The molecule has 0 spiro atoms. The zero-order valence-corrected chi connectivity index (χ0v) is 8.71. The lowest BCUT2D eigenvalue weighted by molar-refractivity contribution is 0.273. The summed E-state index contributed by atoms with van der Waals surface area (Å²) in [5, 5.41) is 3.43. The lowest BCUT2D eigenvalue weighted by atomic mass is 10.1. The van der Waals surface area contributed by atoms with Crippen molar-refractivity contribution in [3.05, 3.63) is 29.8 Å². The van der Waals surface area contributed by atoms with E-state index in [0.29, 0.717) is 6.04 Å². The highest BCUT2D eigenvalue weighted by Crippen LogP contribution is 2.24. The van der Waals surface area contributed by atoms with Gasteiger partial charge in [-0.3, -0.25) is 0 Å². The van der Waals surface area contributed by atoms with Gasteiger partial charge in [-0.2, -0.15) is 0 Å². The van der Waals surface area contributed by atoms with Gasteiger partial charge in [0.2, 0.25) is 0 Å². The summed E-state index contributed by atoms with van der Waals surface area (Å²) >= 11 is 0. The standard InChI is InChI=1S/C12H16FNO/c13-7-9-15-11-5-3-10(4-6-11)12-2-1-8-14-12/h3-6,12,14H,1-2,7-9H2. The molecule has 1 heterocycles. The Kier molecular flexibility index (Phi) is 3.56. The molecule has 0 amide bonds. The van der Waals surface area contributed by atoms with Crippen LogP contribution in [-0.4, -0.2) is 19.8 Å². The van der Waals surface area contributed by atoms with E-state index in [2.05, 4.69) is 17.4 Å². The first kappa shape index (κ1) is 10.4. The molecule has 3 heteroatoms. The van der Waals surface area contributed by atoms with Crippen LogP contribution in [0.2, 0.25) is 0 Å². The van der Waals surface area contributed by atoms with Crippen molar-refractivity contribution >= 4 is 0 Å².